The molecule has 5 aliphatic rings. The van der Waals surface area contributed by atoms with Crippen molar-refractivity contribution < 1.29 is 72.6 Å². The second-order valence-corrected chi connectivity index (χ2v) is 13.3. The van der Waals surface area contributed by atoms with E-state index >= 15 is 0 Å². The second-order valence-electron chi connectivity index (χ2n) is 13.3. The molecule has 264 valence electrons. The van der Waals surface area contributed by atoms with E-state index in [9.17, 15) is 53.7 Å². The summed E-state index contributed by atoms with van der Waals surface area (Å²) in [5.41, 5.74) is -3.28. The van der Waals surface area contributed by atoms with E-state index in [0.717, 1.165) is 0 Å². The summed E-state index contributed by atoms with van der Waals surface area (Å²) in [4.78, 5) is 94.1. The number of benzene rings is 4. The summed E-state index contributed by atoms with van der Waals surface area (Å²) in [5, 5.41) is 33.5. The van der Waals surface area contributed by atoms with Gasteiger partial charge in [0, 0.05) is 0 Å². The lowest BCUT2D eigenvalue weighted by atomic mass is 9.67. The number of hydrogen-bond donors (Lipinski definition) is 3. The smallest absolute Gasteiger partial charge is 0.346 e. The zero-order chi connectivity index (χ0) is 38.1. The van der Waals surface area contributed by atoms with Crippen molar-refractivity contribution in [1.29, 1.82) is 0 Å². The average molecular weight is 719 g/mol. The highest BCUT2D eigenvalue weighted by Gasteiger charge is 2.49. The van der Waals surface area contributed by atoms with Crippen LogP contribution in [0.5, 0.6) is 0 Å². The van der Waals surface area contributed by atoms with Crippen LogP contribution < -0.4 is 0 Å². The number of ether oxygens (including phenoxy) is 4. The zero-order valence-electron chi connectivity index (χ0n) is 27.5. The van der Waals surface area contributed by atoms with Crippen molar-refractivity contribution in [3.8, 4) is 0 Å². The third-order valence-corrected chi connectivity index (χ3v) is 10.1. The average Bonchev–Trinajstić information content (AvgIpc) is 3.77. The lowest BCUT2D eigenvalue weighted by Gasteiger charge is -2.41. The highest BCUT2D eigenvalue weighted by atomic mass is 16.6. The Morgan fingerprint density at radius 1 is 0.415 bits per heavy atom. The van der Waals surface area contributed by atoms with E-state index in [1.807, 2.05) is 0 Å². The monoisotopic (exact) mass is 718 g/mol. The molecule has 0 saturated carbocycles. The summed E-state index contributed by atoms with van der Waals surface area (Å²) in [7, 11) is 0. The summed E-state index contributed by atoms with van der Waals surface area (Å²) in [5.74, 6) is -6.38. The van der Waals surface area contributed by atoms with Crippen LogP contribution in [0.4, 0.5) is 0 Å². The molecule has 4 aliphatic heterocycles. The number of esters is 8. The normalized spacial score (nSPS) is 21.7. The Labute approximate surface area is 296 Å². The Kier molecular flexibility index (Phi) is 6.74. The van der Waals surface area contributed by atoms with Gasteiger partial charge in [-0.3, -0.25) is 0 Å². The Bertz CT molecular complexity index is 2280. The first-order chi connectivity index (χ1) is 24.8. The molecule has 0 fully saturated rings. The molecule has 0 atom stereocenters. The van der Waals surface area contributed by atoms with Crippen molar-refractivity contribution in [2.45, 2.75) is 37.6 Å². The van der Waals surface area contributed by atoms with Gasteiger partial charge < -0.3 is 34.3 Å². The van der Waals surface area contributed by atoms with Crippen LogP contribution in [0.15, 0.2) is 60.7 Å². The van der Waals surface area contributed by atoms with Crippen molar-refractivity contribution in [3.05, 3.63) is 139 Å². The molecular weight excluding hydrogens is 696 g/mol. The number of aliphatic hydroxyl groups is 3. The van der Waals surface area contributed by atoms with Gasteiger partial charge in [0.05, 0.1) is 44.5 Å². The fourth-order valence-corrected chi connectivity index (χ4v) is 7.11. The van der Waals surface area contributed by atoms with E-state index in [0.29, 0.717) is 11.1 Å². The molecule has 0 radical (unpaired) electrons. The van der Waals surface area contributed by atoms with Gasteiger partial charge in [0.1, 0.15) is 16.8 Å². The van der Waals surface area contributed by atoms with E-state index in [-0.39, 0.29) is 66.8 Å². The first kappa shape index (κ1) is 33.5. The molecule has 0 unspecified atom stereocenters. The topological polar surface area (TPSA) is 234 Å². The molecule has 0 spiro atoms. The molecule has 3 N–H and O–H groups in total. The lowest BCUT2D eigenvalue weighted by Crippen LogP contribution is -2.40. The van der Waals surface area contributed by atoms with Gasteiger partial charge in [-0.25, -0.2) is 38.4 Å². The highest BCUT2D eigenvalue weighted by Crippen LogP contribution is 2.50. The standard InChI is InChI=1S/C20H12O8.C18H10O7/c1-19(25)11-3-7-9(17(23)27-15(7)21)5-13(11)20(2,26)14-6-10-8(4-12(14)19)16(22)28-18(10)24;1-18(23,8-2-4-10-12(6-8)16(21)24-14(10)19)9-3-5-11-13(7-9)17(22)25-15(11)20/h3-6,25-26H,1-2H3;2-7,23H,1H3. The Morgan fingerprint density at radius 3 is 0.906 bits per heavy atom. The van der Waals surface area contributed by atoms with Crippen LogP contribution in [0, 0.1) is 0 Å². The SMILES string of the molecule is CC(O)(c1ccc2c(c1)C(=O)OC2=O)c1ccc2c(c1)C(=O)OC2=O.CC1(O)c2cc3c(cc2C(C)(O)c2cc4c(cc21)C(=O)OC4=O)C(=O)OC3=O. The number of hydrogen-bond acceptors (Lipinski definition) is 15. The van der Waals surface area contributed by atoms with Crippen LogP contribution in [-0.2, 0) is 35.8 Å². The zero-order valence-corrected chi connectivity index (χ0v) is 27.5. The van der Waals surface area contributed by atoms with Gasteiger partial charge in [0.25, 0.3) is 0 Å². The van der Waals surface area contributed by atoms with Crippen LogP contribution in [-0.4, -0.2) is 63.1 Å². The van der Waals surface area contributed by atoms with Crippen LogP contribution in [0.25, 0.3) is 0 Å². The Hall–Kier alpha value is -6.68. The Balaban J connectivity index is 0.000000152. The second kappa shape index (κ2) is 10.7. The van der Waals surface area contributed by atoms with Crippen LogP contribution in [0.1, 0.15) is 137 Å². The summed E-state index contributed by atoms with van der Waals surface area (Å²) in [6.07, 6.45) is 0. The van der Waals surface area contributed by atoms with E-state index < -0.39 is 64.6 Å². The molecule has 0 bridgehead atoms. The van der Waals surface area contributed by atoms with Gasteiger partial charge in [-0.1, -0.05) is 12.1 Å². The highest BCUT2D eigenvalue weighted by molar-refractivity contribution is 6.17. The van der Waals surface area contributed by atoms with Gasteiger partial charge in [-0.2, -0.15) is 0 Å². The van der Waals surface area contributed by atoms with Crippen LogP contribution in [0.2, 0.25) is 0 Å². The molecule has 4 heterocycles. The maximum absolute atomic E-state index is 11.9. The maximum atomic E-state index is 11.9. The van der Waals surface area contributed by atoms with Crippen molar-refractivity contribution >= 4 is 47.8 Å². The van der Waals surface area contributed by atoms with Crippen molar-refractivity contribution in [2.75, 3.05) is 0 Å². The van der Waals surface area contributed by atoms with Crippen LogP contribution in [0.3, 0.4) is 0 Å². The summed E-state index contributed by atoms with van der Waals surface area (Å²) in [6, 6.07) is 13.8. The largest absolute Gasteiger partial charge is 0.386 e. The molecule has 0 aromatic heterocycles. The third kappa shape index (κ3) is 4.64. The number of rotatable bonds is 2. The van der Waals surface area contributed by atoms with Crippen molar-refractivity contribution in [3.63, 3.8) is 0 Å². The minimum atomic E-state index is -1.73. The summed E-state index contributed by atoms with van der Waals surface area (Å²) < 4.78 is 18.3. The molecule has 15 heteroatoms. The summed E-state index contributed by atoms with van der Waals surface area (Å²) in [6.45, 7) is 4.34. The van der Waals surface area contributed by atoms with Crippen molar-refractivity contribution in [1.82, 2.24) is 0 Å². The number of cyclic esters (lactones) is 8. The fourth-order valence-electron chi connectivity index (χ4n) is 7.11. The molecule has 0 saturated heterocycles. The quantitative estimate of drug-likeness (QED) is 0.154. The van der Waals surface area contributed by atoms with Gasteiger partial charge in [0.2, 0.25) is 0 Å². The van der Waals surface area contributed by atoms with Gasteiger partial charge >= 0.3 is 47.8 Å². The minimum absolute atomic E-state index is 0.0148. The fraction of sp³-hybridized carbons (Fsp3) is 0.158. The molecule has 9 rings (SSSR count). The molecule has 0 amide bonds. The Morgan fingerprint density at radius 2 is 0.642 bits per heavy atom. The number of fused-ring (bicyclic) bond motifs is 6. The molecule has 4 aromatic rings. The maximum Gasteiger partial charge on any atom is 0.346 e. The lowest BCUT2D eigenvalue weighted by molar-refractivity contribution is 0.0425. The summed E-state index contributed by atoms with van der Waals surface area (Å²) >= 11 is 0. The van der Waals surface area contributed by atoms with Crippen molar-refractivity contribution in [2.24, 2.45) is 0 Å². The first-order valence-electron chi connectivity index (χ1n) is 15.7. The molecular formula is C38H22O15. The predicted octanol–water partition coefficient (Wildman–Crippen LogP) is 2.70. The molecule has 15 nitrogen and oxygen atoms in total. The molecule has 4 aromatic carbocycles. The number of carbonyl (C=O) groups excluding carboxylic acids is 8. The van der Waals surface area contributed by atoms with Gasteiger partial charge in [-0.05, 0) is 103 Å². The van der Waals surface area contributed by atoms with E-state index in [1.54, 1.807) is 0 Å². The predicted molar refractivity (Wildman–Crippen MR) is 171 cm³/mol. The minimum Gasteiger partial charge on any atom is -0.386 e. The third-order valence-electron chi connectivity index (χ3n) is 10.1. The van der Waals surface area contributed by atoms with Gasteiger partial charge in [0.15, 0.2) is 0 Å². The van der Waals surface area contributed by atoms with E-state index in [2.05, 4.69) is 18.9 Å². The van der Waals surface area contributed by atoms with Gasteiger partial charge in [-0.15, -0.1) is 0 Å². The molecule has 53 heavy (non-hydrogen) atoms. The van der Waals surface area contributed by atoms with Crippen LogP contribution >= 0.6 is 0 Å². The molecule has 1 aliphatic carbocycles. The van der Waals surface area contributed by atoms with E-state index in [1.165, 1.54) is 81.4 Å². The van der Waals surface area contributed by atoms with E-state index in [4.69, 9.17) is 0 Å². The number of carbonyl (C=O) groups is 8. The first-order valence-corrected chi connectivity index (χ1v) is 15.7.